The number of nitrogens with zero attached hydrogens (tertiary/aromatic N) is 3. The summed E-state index contributed by atoms with van der Waals surface area (Å²) >= 11 is 1.63. The van der Waals surface area contributed by atoms with Gasteiger partial charge in [0.1, 0.15) is 11.6 Å². The molecular formula is C23H23FN4O2S. The molecule has 1 aliphatic heterocycles. The third-order valence-corrected chi connectivity index (χ3v) is 6.09. The van der Waals surface area contributed by atoms with Gasteiger partial charge >= 0.3 is 0 Å². The second-order valence-electron chi connectivity index (χ2n) is 7.40. The highest BCUT2D eigenvalue weighted by Gasteiger charge is 2.26. The molecule has 8 heteroatoms. The molecule has 0 atom stereocenters. The average Bonchev–Trinajstić information content (AvgIpc) is 2.79. The predicted octanol–water partition coefficient (Wildman–Crippen LogP) is 3.95. The summed E-state index contributed by atoms with van der Waals surface area (Å²) in [4.78, 5) is 28.1. The van der Waals surface area contributed by atoms with Crippen LogP contribution in [0.4, 0.5) is 15.9 Å². The summed E-state index contributed by atoms with van der Waals surface area (Å²) in [5.74, 6) is 0.154. The number of hydrogen-bond donors (Lipinski definition) is 1. The first kappa shape index (κ1) is 21.1. The van der Waals surface area contributed by atoms with Gasteiger partial charge in [-0.05, 0) is 61.6 Å². The average molecular weight is 439 g/mol. The van der Waals surface area contributed by atoms with E-state index in [1.807, 2.05) is 35.4 Å². The number of nitrogens with one attached hydrogen (secondary N) is 1. The maximum atomic E-state index is 13.6. The Morgan fingerprint density at radius 1 is 1.10 bits per heavy atom. The van der Waals surface area contributed by atoms with Crippen LogP contribution in [0.5, 0.6) is 0 Å². The Labute approximate surface area is 184 Å². The number of aromatic nitrogens is 2. The lowest BCUT2D eigenvalue weighted by Crippen LogP contribution is -2.39. The van der Waals surface area contributed by atoms with Crippen LogP contribution in [0.15, 0.2) is 70.4 Å². The Kier molecular flexibility index (Phi) is 6.36. The van der Waals surface area contributed by atoms with E-state index < -0.39 is 5.82 Å². The van der Waals surface area contributed by atoms with E-state index in [0.717, 1.165) is 10.6 Å². The number of hydrogen-bond acceptors (Lipinski definition) is 5. The quantitative estimate of drug-likeness (QED) is 0.611. The summed E-state index contributed by atoms with van der Waals surface area (Å²) < 4.78 is 14.8. The largest absolute Gasteiger partial charge is 0.355 e. The van der Waals surface area contributed by atoms with E-state index in [1.54, 1.807) is 30.0 Å². The zero-order valence-corrected chi connectivity index (χ0v) is 17.9. The van der Waals surface area contributed by atoms with Crippen molar-refractivity contribution in [1.82, 2.24) is 9.78 Å². The van der Waals surface area contributed by atoms with Crippen molar-refractivity contribution >= 4 is 29.2 Å². The second kappa shape index (κ2) is 9.34. The molecule has 0 radical (unpaired) electrons. The Morgan fingerprint density at radius 3 is 2.61 bits per heavy atom. The van der Waals surface area contributed by atoms with Crippen LogP contribution in [0.3, 0.4) is 0 Å². The number of anilines is 2. The molecule has 0 saturated carbocycles. The van der Waals surface area contributed by atoms with Crippen LogP contribution < -0.4 is 15.8 Å². The number of piperidine rings is 1. The van der Waals surface area contributed by atoms with Crippen LogP contribution in [0, 0.1) is 11.7 Å². The fourth-order valence-corrected chi connectivity index (χ4v) is 4.14. The molecule has 1 aliphatic rings. The Bertz CT molecular complexity index is 1140. The molecule has 1 fully saturated rings. The lowest BCUT2D eigenvalue weighted by molar-refractivity contribution is -0.120. The summed E-state index contributed by atoms with van der Waals surface area (Å²) in [6.45, 7) is 1.30. The second-order valence-corrected chi connectivity index (χ2v) is 8.28. The maximum Gasteiger partial charge on any atom is 0.271 e. The highest BCUT2D eigenvalue weighted by atomic mass is 32.2. The van der Waals surface area contributed by atoms with E-state index in [0.29, 0.717) is 37.4 Å². The zero-order chi connectivity index (χ0) is 21.8. The summed E-state index contributed by atoms with van der Waals surface area (Å²) in [6.07, 6.45) is 3.38. The van der Waals surface area contributed by atoms with Crippen molar-refractivity contribution in [2.24, 2.45) is 5.92 Å². The van der Waals surface area contributed by atoms with Gasteiger partial charge < -0.3 is 10.2 Å². The lowest BCUT2D eigenvalue weighted by Gasteiger charge is -2.32. The lowest BCUT2D eigenvalue weighted by atomic mass is 9.96. The fourth-order valence-electron chi connectivity index (χ4n) is 3.68. The maximum absolute atomic E-state index is 13.6. The molecule has 160 valence electrons. The summed E-state index contributed by atoms with van der Waals surface area (Å²) in [6, 6.07) is 16.7. The topological polar surface area (TPSA) is 67.2 Å². The molecule has 1 N–H and O–H groups in total. The first-order valence-electron chi connectivity index (χ1n) is 10.1. The molecule has 1 aromatic heterocycles. The van der Waals surface area contributed by atoms with Gasteiger partial charge in [-0.15, -0.1) is 16.9 Å². The minimum Gasteiger partial charge on any atom is -0.355 e. The molecule has 6 nitrogen and oxygen atoms in total. The minimum atomic E-state index is -0.425. The molecule has 2 aromatic carbocycles. The summed E-state index contributed by atoms with van der Waals surface area (Å²) in [5.41, 5.74) is 0.868. The smallest absolute Gasteiger partial charge is 0.271 e. The SMILES string of the molecule is CSc1cccc(NC(=O)C2CCN(c3ccc(=O)n(-c4cccc(F)c4)n3)CC2)c1. The van der Waals surface area contributed by atoms with Crippen LogP contribution in [0.2, 0.25) is 0 Å². The van der Waals surface area contributed by atoms with Crippen LogP contribution >= 0.6 is 11.8 Å². The minimum absolute atomic E-state index is 0.0237. The molecule has 0 bridgehead atoms. The molecule has 4 rings (SSSR count). The number of thioether (sulfide) groups is 1. The molecule has 1 saturated heterocycles. The van der Waals surface area contributed by atoms with Crippen LogP contribution in [0.25, 0.3) is 5.69 Å². The number of rotatable bonds is 5. The van der Waals surface area contributed by atoms with Crippen molar-refractivity contribution < 1.29 is 9.18 Å². The van der Waals surface area contributed by atoms with Gasteiger partial charge in [-0.1, -0.05) is 12.1 Å². The zero-order valence-electron chi connectivity index (χ0n) is 17.1. The van der Waals surface area contributed by atoms with Gasteiger partial charge in [-0.3, -0.25) is 9.59 Å². The van der Waals surface area contributed by atoms with Gasteiger partial charge in [0.2, 0.25) is 5.91 Å². The molecule has 2 heterocycles. The van der Waals surface area contributed by atoms with Crippen LogP contribution in [-0.4, -0.2) is 35.0 Å². The Morgan fingerprint density at radius 2 is 1.87 bits per heavy atom. The summed E-state index contributed by atoms with van der Waals surface area (Å²) in [5, 5.41) is 7.44. The van der Waals surface area contributed by atoms with Crippen molar-refractivity contribution in [2.75, 3.05) is 29.6 Å². The molecule has 3 aromatic rings. The molecule has 0 unspecified atom stereocenters. The third-order valence-electron chi connectivity index (χ3n) is 5.37. The van der Waals surface area contributed by atoms with Crippen molar-refractivity contribution in [3.8, 4) is 5.69 Å². The van der Waals surface area contributed by atoms with E-state index in [4.69, 9.17) is 0 Å². The van der Waals surface area contributed by atoms with Crippen LogP contribution in [-0.2, 0) is 4.79 Å². The number of amides is 1. The van der Waals surface area contributed by atoms with E-state index in [1.165, 1.54) is 22.9 Å². The molecular weight excluding hydrogens is 415 g/mol. The van der Waals surface area contributed by atoms with Gasteiger partial charge in [-0.25, -0.2) is 4.39 Å². The van der Waals surface area contributed by atoms with E-state index in [9.17, 15) is 14.0 Å². The van der Waals surface area contributed by atoms with E-state index in [2.05, 4.69) is 10.4 Å². The highest BCUT2D eigenvalue weighted by molar-refractivity contribution is 7.98. The Hall–Kier alpha value is -3.13. The van der Waals surface area contributed by atoms with Gasteiger partial charge in [0.25, 0.3) is 5.56 Å². The first-order chi connectivity index (χ1) is 15.0. The Balaban J connectivity index is 1.42. The van der Waals surface area contributed by atoms with E-state index in [-0.39, 0.29) is 17.4 Å². The number of halogens is 1. The van der Waals surface area contributed by atoms with Gasteiger partial charge in [-0.2, -0.15) is 4.68 Å². The van der Waals surface area contributed by atoms with Crippen molar-refractivity contribution in [2.45, 2.75) is 17.7 Å². The van der Waals surface area contributed by atoms with Crippen LogP contribution in [0.1, 0.15) is 12.8 Å². The van der Waals surface area contributed by atoms with Gasteiger partial charge in [0, 0.05) is 35.7 Å². The highest BCUT2D eigenvalue weighted by Crippen LogP contribution is 2.24. The molecule has 31 heavy (non-hydrogen) atoms. The predicted molar refractivity (Wildman–Crippen MR) is 122 cm³/mol. The molecule has 1 amide bonds. The van der Waals surface area contributed by atoms with Crippen molar-refractivity contribution in [1.29, 1.82) is 0 Å². The fraction of sp³-hybridized carbons (Fsp3) is 0.261. The van der Waals surface area contributed by atoms with E-state index >= 15 is 0 Å². The number of carbonyl (C=O) groups is 1. The monoisotopic (exact) mass is 438 g/mol. The van der Waals surface area contributed by atoms with Crippen molar-refractivity contribution in [3.05, 3.63) is 76.8 Å². The third kappa shape index (κ3) is 4.96. The summed E-state index contributed by atoms with van der Waals surface area (Å²) in [7, 11) is 0. The van der Waals surface area contributed by atoms with Gasteiger partial charge in [0.15, 0.2) is 0 Å². The number of carbonyl (C=O) groups excluding carboxylic acids is 1. The molecule has 0 aliphatic carbocycles. The number of benzene rings is 2. The normalized spacial score (nSPS) is 14.5. The van der Waals surface area contributed by atoms with Gasteiger partial charge in [0.05, 0.1) is 5.69 Å². The first-order valence-corrected chi connectivity index (χ1v) is 11.3. The van der Waals surface area contributed by atoms with Crippen molar-refractivity contribution in [3.63, 3.8) is 0 Å². The standard InChI is InChI=1S/C23H23FN4O2S/c1-31-20-7-3-5-18(15-20)25-23(30)16-10-12-27(13-11-16)21-8-9-22(29)28(26-21)19-6-2-4-17(24)14-19/h2-9,14-16H,10-13H2,1H3,(H,25,30). The molecule has 0 spiro atoms.